The van der Waals surface area contributed by atoms with Gasteiger partial charge in [-0.3, -0.25) is 14.9 Å². The minimum Gasteiger partial charge on any atom is -0.461 e. The zero-order valence-corrected chi connectivity index (χ0v) is 18.3. The molecule has 164 valence electrons. The SMILES string of the molecule is CCOC[C@H](Oc1nc(-c2ncccc2Cl)nc2[nH]ncc12)C(=O)Nc1ccc(Cl)cn1. The molecule has 0 aromatic carbocycles. The number of aromatic amines is 1. The Labute approximate surface area is 192 Å². The highest BCUT2D eigenvalue weighted by Crippen LogP contribution is 2.28. The summed E-state index contributed by atoms with van der Waals surface area (Å²) in [6.45, 7) is 2.20. The molecule has 12 heteroatoms. The molecule has 4 heterocycles. The van der Waals surface area contributed by atoms with Crippen LogP contribution in [0.25, 0.3) is 22.6 Å². The van der Waals surface area contributed by atoms with E-state index in [0.717, 1.165) is 0 Å². The first kappa shape index (κ1) is 21.9. The van der Waals surface area contributed by atoms with Gasteiger partial charge in [-0.05, 0) is 31.2 Å². The summed E-state index contributed by atoms with van der Waals surface area (Å²) in [5, 5.41) is 10.8. The van der Waals surface area contributed by atoms with Crippen LogP contribution in [0.3, 0.4) is 0 Å². The topological polar surface area (TPSA) is 128 Å². The summed E-state index contributed by atoms with van der Waals surface area (Å²) in [4.78, 5) is 30.1. The van der Waals surface area contributed by atoms with Crippen molar-refractivity contribution in [2.75, 3.05) is 18.5 Å². The number of nitrogens with one attached hydrogen (secondary N) is 2. The van der Waals surface area contributed by atoms with Gasteiger partial charge in [-0.15, -0.1) is 0 Å². The number of aromatic nitrogens is 6. The number of halogens is 2. The summed E-state index contributed by atoms with van der Waals surface area (Å²) in [6.07, 6.45) is 3.47. The van der Waals surface area contributed by atoms with E-state index in [9.17, 15) is 4.79 Å². The number of ether oxygens (including phenoxy) is 2. The highest BCUT2D eigenvalue weighted by atomic mass is 35.5. The third-order valence-electron chi connectivity index (χ3n) is 4.24. The van der Waals surface area contributed by atoms with Gasteiger partial charge < -0.3 is 14.8 Å². The number of hydrogen-bond acceptors (Lipinski definition) is 8. The predicted octanol–water partition coefficient (Wildman–Crippen LogP) is 3.54. The lowest BCUT2D eigenvalue weighted by molar-refractivity contribution is -0.125. The van der Waals surface area contributed by atoms with Crippen LogP contribution in [-0.2, 0) is 9.53 Å². The van der Waals surface area contributed by atoms with Crippen molar-refractivity contribution in [2.45, 2.75) is 13.0 Å². The van der Waals surface area contributed by atoms with E-state index >= 15 is 0 Å². The Balaban J connectivity index is 1.66. The highest BCUT2D eigenvalue weighted by Gasteiger charge is 2.25. The molecular weight excluding hydrogens is 457 g/mol. The van der Waals surface area contributed by atoms with E-state index in [-0.39, 0.29) is 18.3 Å². The zero-order valence-electron chi connectivity index (χ0n) is 16.7. The van der Waals surface area contributed by atoms with Crippen LogP contribution in [0.2, 0.25) is 10.0 Å². The maximum atomic E-state index is 12.9. The normalized spacial score (nSPS) is 12.0. The molecule has 1 amide bonds. The van der Waals surface area contributed by atoms with Crippen molar-refractivity contribution in [1.29, 1.82) is 0 Å². The van der Waals surface area contributed by atoms with Crippen molar-refractivity contribution < 1.29 is 14.3 Å². The molecule has 10 nitrogen and oxygen atoms in total. The van der Waals surface area contributed by atoms with Crippen LogP contribution in [0.5, 0.6) is 5.88 Å². The van der Waals surface area contributed by atoms with Gasteiger partial charge in [0.1, 0.15) is 16.9 Å². The van der Waals surface area contributed by atoms with Gasteiger partial charge in [-0.25, -0.2) is 9.97 Å². The van der Waals surface area contributed by atoms with Crippen LogP contribution in [-0.4, -0.2) is 55.4 Å². The number of fused-ring (bicyclic) bond motifs is 1. The lowest BCUT2D eigenvalue weighted by Crippen LogP contribution is -2.37. The summed E-state index contributed by atoms with van der Waals surface area (Å²) in [7, 11) is 0. The molecule has 32 heavy (non-hydrogen) atoms. The molecule has 4 aromatic rings. The van der Waals surface area contributed by atoms with Gasteiger partial charge in [0.2, 0.25) is 12.0 Å². The molecule has 0 aliphatic rings. The molecule has 0 saturated carbocycles. The molecule has 4 rings (SSSR count). The molecule has 4 aromatic heterocycles. The first-order valence-corrected chi connectivity index (χ1v) is 10.3. The maximum Gasteiger partial charge on any atom is 0.269 e. The van der Waals surface area contributed by atoms with Crippen molar-refractivity contribution in [3.63, 3.8) is 0 Å². The summed E-state index contributed by atoms with van der Waals surface area (Å²) in [5.74, 6) is 0.198. The number of carbonyl (C=O) groups excluding carboxylic acids is 1. The average Bonchev–Trinajstić information content (AvgIpc) is 3.27. The molecule has 0 unspecified atom stereocenters. The third kappa shape index (κ3) is 4.93. The monoisotopic (exact) mass is 473 g/mol. The van der Waals surface area contributed by atoms with Gasteiger partial charge in [0, 0.05) is 19.0 Å². The van der Waals surface area contributed by atoms with Crippen LogP contribution >= 0.6 is 23.2 Å². The van der Waals surface area contributed by atoms with Gasteiger partial charge in [0.15, 0.2) is 11.5 Å². The zero-order chi connectivity index (χ0) is 22.5. The summed E-state index contributed by atoms with van der Waals surface area (Å²) >= 11 is 12.1. The molecule has 0 saturated heterocycles. The number of pyridine rings is 2. The van der Waals surface area contributed by atoms with E-state index in [4.69, 9.17) is 32.7 Å². The molecule has 0 aliphatic heterocycles. The second-order valence-corrected chi connectivity index (χ2v) is 7.28. The van der Waals surface area contributed by atoms with E-state index in [0.29, 0.717) is 39.2 Å². The van der Waals surface area contributed by atoms with Crippen LogP contribution in [0, 0.1) is 0 Å². The third-order valence-corrected chi connectivity index (χ3v) is 4.77. The van der Waals surface area contributed by atoms with Crippen molar-refractivity contribution >= 4 is 46.0 Å². The Morgan fingerprint density at radius 1 is 1.19 bits per heavy atom. The highest BCUT2D eigenvalue weighted by molar-refractivity contribution is 6.32. The van der Waals surface area contributed by atoms with Crippen molar-refractivity contribution in [2.24, 2.45) is 0 Å². The van der Waals surface area contributed by atoms with Gasteiger partial charge in [0.05, 0.1) is 22.8 Å². The fourth-order valence-corrected chi connectivity index (χ4v) is 3.05. The standard InChI is InChI=1S/C20H17Cl2N7O3/c1-2-31-10-14(19(30)26-15-6-5-11(21)8-24-15)32-20-12-9-25-29-17(12)27-18(28-20)16-13(22)4-3-7-23-16/h3-9,14H,2,10H2,1H3,(H,24,26,30)(H,25,27,28,29)/t14-/m0/s1. The number of nitrogens with zero attached hydrogens (tertiary/aromatic N) is 5. The lowest BCUT2D eigenvalue weighted by Gasteiger charge is -2.18. The quantitative estimate of drug-likeness (QED) is 0.397. The molecular formula is C20H17Cl2N7O3. The second-order valence-electron chi connectivity index (χ2n) is 6.44. The summed E-state index contributed by atoms with van der Waals surface area (Å²) in [6, 6.07) is 6.57. The maximum absolute atomic E-state index is 12.9. The fraction of sp³-hybridized carbons (Fsp3) is 0.200. The Morgan fingerprint density at radius 3 is 2.81 bits per heavy atom. The largest absolute Gasteiger partial charge is 0.461 e. The predicted molar refractivity (Wildman–Crippen MR) is 119 cm³/mol. The summed E-state index contributed by atoms with van der Waals surface area (Å²) in [5.41, 5.74) is 0.772. The molecule has 1 atom stereocenters. The van der Waals surface area contributed by atoms with E-state index in [1.165, 1.54) is 12.4 Å². The number of rotatable bonds is 8. The van der Waals surface area contributed by atoms with E-state index in [2.05, 4.69) is 35.5 Å². The Hall–Kier alpha value is -3.34. The van der Waals surface area contributed by atoms with Gasteiger partial charge >= 0.3 is 0 Å². The smallest absolute Gasteiger partial charge is 0.269 e. The van der Waals surface area contributed by atoms with Gasteiger partial charge in [-0.2, -0.15) is 10.1 Å². The second kappa shape index (κ2) is 9.86. The van der Waals surface area contributed by atoms with Crippen LogP contribution in [0.15, 0.2) is 42.9 Å². The van der Waals surface area contributed by atoms with E-state index in [1.807, 2.05) is 6.92 Å². The van der Waals surface area contributed by atoms with Gasteiger partial charge in [0.25, 0.3) is 5.91 Å². The molecule has 0 radical (unpaired) electrons. The van der Waals surface area contributed by atoms with Crippen LogP contribution in [0.1, 0.15) is 6.92 Å². The Bertz CT molecular complexity index is 1230. The Kier molecular flexibility index (Phi) is 6.74. The average molecular weight is 474 g/mol. The Morgan fingerprint density at radius 2 is 2.06 bits per heavy atom. The molecule has 0 spiro atoms. The molecule has 0 fully saturated rings. The van der Waals surface area contributed by atoms with Crippen molar-refractivity contribution in [3.8, 4) is 17.4 Å². The first-order chi connectivity index (χ1) is 15.5. The van der Waals surface area contributed by atoms with Crippen LogP contribution < -0.4 is 10.1 Å². The van der Waals surface area contributed by atoms with Crippen molar-refractivity contribution in [3.05, 3.63) is 52.9 Å². The van der Waals surface area contributed by atoms with E-state index in [1.54, 1.807) is 30.5 Å². The molecule has 2 N–H and O–H groups in total. The number of H-pyrrole nitrogens is 1. The first-order valence-electron chi connectivity index (χ1n) is 9.54. The number of hydrogen-bond donors (Lipinski definition) is 2. The minimum absolute atomic E-state index is 0.0149. The van der Waals surface area contributed by atoms with Crippen LogP contribution in [0.4, 0.5) is 5.82 Å². The lowest BCUT2D eigenvalue weighted by atomic mass is 10.3. The van der Waals surface area contributed by atoms with Gasteiger partial charge in [-0.1, -0.05) is 23.2 Å². The molecule has 0 bridgehead atoms. The number of amides is 1. The van der Waals surface area contributed by atoms with Crippen molar-refractivity contribution in [1.82, 2.24) is 30.1 Å². The minimum atomic E-state index is -1.03. The van der Waals surface area contributed by atoms with E-state index < -0.39 is 12.0 Å². The number of carbonyl (C=O) groups is 1. The molecule has 0 aliphatic carbocycles. The summed E-state index contributed by atoms with van der Waals surface area (Å²) < 4.78 is 11.4. The fourth-order valence-electron chi connectivity index (χ4n) is 2.73. The number of anilines is 1.